The highest BCUT2D eigenvalue weighted by Crippen LogP contribution is 2.12. The summed E-state index contributed by atoms with van der Waals surface area (Å²) in [7, 11) is 0. The number of aromatic nitrogens is 2. The van der Waals surface area contributed by atoms with Crippen LogP contribution in [0, 0.1) is 6.92 Å². The van der Waals surface area contributed by atoms with Gasteiger partial charge in [0.25, 0.3) is 5.91 Å². The molecule has 2 aromatic rings. The van der Waals surface area contributed by atoms with E-state index >= 15 is 0 Å². The molecule has 0 fully saturated rings. The molecule has 0 aliphatic rings. The molecule has 0 radical (unpaired) electrons. The average molecular weight is 228 g/mol. The molecule has 5 heteroatoms. The summed E-state index contributed by atoms with van der Waals surface area (Å²) in [5.74, 6) is 0.0933. The maximum Gasteiger partial charge on any atom is 0.255 e. The number of carbonyl (C=O) groups is 1. The molecule has 2 rings (SSSR count). The summed E-state index contributed by atoms with van der Waals surface area (Å²) in [5, 5.41) is 2.77. The number of carbonyl (C=O) groups excluding carboxylic acids is 1. The van der Waals surface area contributed by atoms with Gasteiger partial charge in [0, 0.05) is 18.0 Å². The van der Waals surface area contributed by atoms with Crippen molar-refractivity contribution in [3.05, 3.63) is 47.9 Å². The van der Waals surface area contributed by atoms with Gasteiger partial charge in [0.15, 0.2) is 0 Å². The van der Waals surface area contributed by atoms with Gasteiger partial charge in [0.1, 0.15) is 5.82 Å². The quantitative estimate of drug-likeness (QED) is 0.818. The smallest absolute Gasteiger partial charge is 0.255 e. The lowest BCUT2D eigenvalue weighted by atomic mass is 10.2. The number of pyridine rings is 2. The zero-order valence-electron chi connectivity index (χ0n) is 9.34. The van der Waals surface area contributed by atoms with E-state index in [0.717, 1.165) is 5.69 Å². The molecular formula is C12H12N4O. The fraction of sp³-hybridized carbons (Fsp3) is 0.0833. The lowest BCUT2D eigenvalue weighted by molar-refractivity contribution is 0.102. The Morgan fingerprint density at radius 1 is 1.29 bits per heavy atom. The average Bonchev–Trinajstić information content (AvgIpc) is 2.32. The van der Waals surface area contributed by atoms with E-state index in [-0.39, 0.29) is 5.91 Å². The van der Waals surface area contributed by atoms with Gasteiger partial charge in [-0.2, -0.15) is 0 Å². The summed E-state index contributed by atoms with van der Waals surface area (Å²) >= 11 is 0. The van der Waals surface area contributed by atoms with Gasteiger partial charge in [0.05, 0.1) is 11.4 Å². The first-order valence-electron chi connectivity index (χ1n) is 5.11. The third-order valence-corrected chi connectivity index (χ3v) is 2.30. The van der Waals surface area contributed by atoms with Gasteiger partial charge in [-0.05, 0) is 31.2 Å². The minimum absolute atomic E-state index is 0.227. The molecule has 0 bridgehead atoms. The molecule has 0 atom stereocenters. The molecule has 86 valence electrons. The van der Waals surface area contributed by atoms with Crippen LogP contribution in [-0.2, 0) is 0 Å². The number of hydrogen-bond donors (Lipinski definition) is 2. The van der Waals surface area contributed by atoms with Crippen molar-refractivity contribution in [3.63, 3.8) is 0 Å². The number of nitrogens with zero attached hydrogens (tertiary/aromatic N) is 2. The second-order valence-electron chi connectivity index (χ2n) is 3.56. The first-order valence-corrected chi connectivity index (χ1v) is 5.11. The standard InChI is InChI=1S/C12H12N4O/c1-8-10(3-2-5-14-8)16-12(17)9-4-6-15-11(13)7-9/h2-7H,1H3,(H2,13,15)(H,16,17). The van der Waals surface area contributed by atoms with E-state index in [1.54, 1.807) is 24.4 Å². The Kier molecular flexibility index (Phi) is 3.00. The minimum atomic E-state index is -0.227. The Morgan fingerprint density at radius 2 is 2.12 bits per heavy atom. The van der Waals surface area contributed by atoms with Crippen LogP contribution in [0.1, 0.15) is 16.1 Å². The van der Waals surface area contributed by atoms with Crippen LogP contribution in [0.2, 0.25) is 0 Å². The van der Waals surface area contributed by atoms with Gasteiger partial charge >= 0.3 is 0 Å². The lowest BCUT2D eigenvalue weighted by Crippen LogP contribution is -2.13. The van der Waals surface area contributed by atoms with Crippen LogP contribution in [0.4, 0.5) is 11.5 Å². The van der Waals surface area contributed by atoms with Gasteiger partial charge < -0.3 is 11.1 Å². The molecule has 0 aromatic carbocycles. The van der Waals surface area contributed by atoms with Gasteiger partial charge in [-0.1, -0.05) is 0 Å². The van der Waals surface area contributed by atoms with Crippen LogP contribution in [-0.4, -0.2) is 15.9 Å². The molecule has 0 aliphatic heterocycles. The second kappa shape index (κ2) is 4.61. The van der Waals surface area contributed by atoms with Crippen LogP contribution in [0.25, 0.3) is 0 Å². The molecular weight excluding hydrogens is 216 g/mol. The third-order valence-electron chi connectivity index (χ3n) is 2.30. The van der Waals surface area contributed by atoms with Crippen molar-refractivity contribution in [2.24, 2.45) is 0 Å². The topological polar surface area (TPSA) is 80.9 Å². The zero-order chi connectivity index (χ0) is 12.3. The number of aryl methyl sites for hydroxylation is 1. The fourth-order valence-electron chi connectivity index (χ4n) is 1.40. The molecule has 3 N–H and O–H groups in total. The van der Waals surface area contributed by atoms with E-state index in [4.69, 9.17) is 5.73 Å². The first kappa shape index (κ1) is 11.1. The molecule has 2 aromatic heterocycles. The molecule has 5 nitrogen and oxygen atoms in total. The Morgan fingerprint density at radius 3 is 2.82 bits per heavy atom. The third kappa shape index (κ3) is 2.57. The summed E-state index contributed by atoms with van der Waals surface area (Å²) in [6, 6.07) is 6.70. The van der Waals surface area contributed by atoms with E-state index in [0.29, 0.717) is 17.1 Å². The van der Waals surface area contributed by atoms with Crippen molar-refractivity contribution in [1.82, 2.24) is 9.97 Å². The lowest BCUT2D eigenvalue weighted by Gasteiger charge is -2.07. The SMILES string of the molecule is Cc1ncccc1NC(=O)c1ccnc(N)c1. The fourth-order valence-corrected chi connectivity index (χ4v) is 1.40. The monoisotopic (exact) mass is 228 g/mol. The van der Waals surface area contributed by atoms with Gasteiger partial charge in [-0.15, -0.1) is 0 Å². The van der Waals surface area contributed by atoms with E-state index in [1.807, 2.05) is 6.92 Å². The van der Waals surface area contributed by atoms with Crippen LogP contribution in [0.15, 0.2) is 36.7 Å². The van der Waals surface area contributed by atoms with Gasteiger partial charge in [-0.25, -0.2) is 4.98 Å². The first-order chi connectivity index (χ1) is 8.16. The maximum atomic E-state index is 11.9. The number of amides is 1. The van der Waals surface area contributed by atoms with E-state index in [2.05, 4.69) is 15.3 Å². The molecule has 1 amide bonds. The van der Waals surface area contributed by atoms with E-state index in [1.165, 1.54) is 12.3 Å². The Labute approximate surface area is 98.7 Å². The van der Waals surface area contributed by atoms with Gasteiger partial charge in [0.2, 0.25) is 0 Å². The van der Waals surface area contributed by atoms with Crippen molar-refractivity contribution < 1.29 is 4.79 Å². The molecule has 0 spiro atoms. The number of rotatable bonds is 2. The van der Waals surface area contributed by atoms with E-state index < -0.39 is 0 Å². The number of nitrogen functional groups attached to an aromatic ring is 1. The molecule has 0 saturated heterocycles. The molecule has 17 heavy (non-hydrogen) atoms. The Hall–Kier alpha value is -2.43. The van der Waals surface area contributed by atoms with Crippen molar-refractivity contribution in [2.45, 2.75) is 6.92 Å². The summed E-state index contributed by atoms with van der Waals surface area (Å²) in [5.41, 5.74) is 7.44. The number of nitrogens with two attached hydrogens (primary N) is 1. The second-order valence-corrected chi connectivity index (χ2v) is 3.56. The number of nitrogens with one attached hydrogen (secondary N) is 1. The predicted molar refractivity (Wildman–Crippen MR) is 65.6 cm³/mol. The normalized spacial score (nSPS) is 9.94. The van der Waals surface area contributed by atoms with Crippen LogP contribution in [0.5, 0.6) is 0 Å². The predicted octanol–water partition coefficient (Wildman–Crippen LogP) is 1.62. The van der Waals surface area contributed by atoms with Crippen molar-refractivity contribution in [2.75, 3.05) is 11.1 Å². The summed E-state index contributed by atoms with van der Waals surface area (Å²) in [6.07, 6.45) is 3.18. The number of hydrogen-bond acceptors (Lipinski definition) is 4. The van der Waals surface area contributed by atoms with Crippen LogP contribution >= 0.6 is 0 Å². The Balaban J connectivity index is 2.20. The highest BCUT2D eigenvalue weighted by molar-refractivity contribution is 6.04. The molecule has 2 heterocycles. The largest absolute Gasteiger partial charge is 0.384 e. The van der Waals surface area contributed by atoms with Crippen molar-refractivity contribution >= 4 is 17.4 Å². The molecule has 0 aliphatic carbocycles. The van der Waals surface area contributed by atoms with Gasteiger partial charge in [-0.3, -0.25) is 9.78 Å². The van der Waals surface area contributed by atoms with Crippen LogP contribution in [0.3, 0.4) is 0 Å². The summed E-state index contributed by atoms with van der Waals surface area (Å²) in [6.45, 7) is 1.83. The van der Waals surface area contributed by atoms with Crippen molar-refractivity contribution in [1.29, 1.82) is 0 Å². The molecule has 0 unspecified atom stereocenters. The summed E-state index contributed by atoms with van der Waals surface area (Å²) < 4.78 is 0. The maximum absolute atomic E-state index is 11.9. The highest BCUT2D eigenvalue weighted by Gasteiger charge is 2.08. The highest BCUT2D eigenvalue weighted by atomic mass is 16.1. The van der Waals surface area contributed by atoms with Crippen LogP contribution < -0.4 is 11.1 Å². The number of anilines is 2. The van der Waals surface area contributed by atoms with E-state index in [9.17, 15) is 4.79 Å². The molecule has 0 saturated carbocycles. The zero-order valence-corrected chi connectivity index (χ0v) is 9.34. The van der Waals surface area contributed by atoms with Crippen molar-refractivity contribution in [3.8, 4) is 0 Å². The Bertz CT molecular complexity index is 554. The summed E-state index contributed by atoms with van der Waals surface area (Å²) in [4.78, 5) is 19.8. The minimum Gasteiger partial charge on any atom is -0.384 e.